The average Bonchev–Trinajstić information content (AvgIpc) is 3.13. The normalized spacial score (nSPS) is 17.2. The molecule has 1 aliphatic rings. The van der Waals surface area contributed by atoms with Crippen LogP contribution in [0.4, 0.5) is 10.1 Å². The van der Waals surface area contributed by atoms with E-state index in [0.717, 1.165) is 11.8 Å². The van der Waals surface area contributed by atoms with Crippen molar-refractivity contribution in [3.8, 4) is 11.6 Å². The summed E-state index contributed by atoms with van der Waals surface area (Å²) in [6, 6.07) is 10.0. The van der Waals surface area contributed by atoms with Crippen LogP contribution in [0.5, 0.6) is 11.6 Å². The lowest BCUT2D eigenvalue weighted by Crippen LogP contribution is -2.29. The minimum atomic E-state index is -1.18. The highest BCUT2D eigenvalue weighted by Gasteiger charge is 2.34. The third-order valence-electron chi connectivity index (χ3n) is 4.98. The predicted octanol–water partition coefficient (Wildman–Crippen LogP) is 1.32. The summed E-state index contributed by atoms with van der Waals surface area (Å²) in [5, 5.41) is 23.9. The topological polar surface area (TPSA) is 177 Å². The first-order valence-corrected chi connectivity index (χ1v) is 11.0. The summed E-state index contributed by atoms with van der Waals surface area (Å²) in [4.78, 5) is 57.2. The molecule has 1 aromatic heterocycles. The number of carbonyl (C=O) groups excluding carboxylic acids is 2. The SMILES string of the molecule is O=C(CC1SC(=NC(c2ccc(O)cc2)c2c(O)[nH]c(=O)[nH]c2=O)NC1=O)Nc1ccccc1F. The second-order valence-corrected chi connectivity index (χ2v) is 8.62. The van der Waals surface area contributed by atoms with Crippen LogP contribution in [0.25, 0.3) is 0 Å². The van der Waals surface area contributed by atoms with E-state index in [1.165, 1.54) is 42.5 Å². The molecule has 0 radical (unpaired) electrons. The fraction of sp³-hybridized carbons (Fsp3) is 0.136. The fourth-order valence-electron chi connectivity index (χ4n) is 3.35. The van der Waals surface area contributed by atoms with E-state index in [9.17, 15) is 33.8 Å². The molecule has 4 rings (SSSR count). The largest absolute Gasteiger partial charge is 0.508 e. The molecule has 1 saturated heterocycles. The number of aromatic nitrogens is 2. The second kappa shape index (κ2) is 9.85. The van der Waals surface area contributed by atoms with Gasteiger partial charge in [0.15, 0.2) is 5.17 Å². The molecule has 2 amide bonds. The monoisotopic (exact) mass is 499 g/mol. The van der Waals surface area contributed by atoms with Gasteiger partial charge in [-0.2, -0.15) is 0 Å². The summed E-state index contributed by atoms with van der Waals surface area (Å²) in [6.07, 6.45) is -0.280. The number of amidine groups is 1. The molecule has 0 bridgehead atoms. The quantitative estimate of drug-likeness (QED) is 0.296. The van der Waals surface area contributed by atoms with Crippen molar-refractivity contribution in [2.75, 3.05) is 5.32 Å². The summed E-state index contributed by atoms with van der Waals surface area (Å²) in [6.45, 7) is 0. The van der Waals surface area contributed by atoms with Crippen LogP contribution >= 0.6 is 11.8 Å². The smallest absolute Gasteiger partial charge is 0.328 e. The Kier molecular flexibility index (Phi) is 6.68. The zero-order chi connectivity index (χ0) is 25.1. The van der Waals surface area contributed by atoms with E-state index in [0.29, 0.717) is 5.56 Å². The van der Waals surface area contributed by atoms with Crippen molar-refractivity contribution in [3.63, 3.8) is 0 Å². The van der Waals surface area contributed by atoms with E-state index in [1.807, 2.05) is 4.98 Å². The Morgan fingerprint density at radius 3 is 2.49 bits per heavy atom. The van der Waals surface area contributed by atoms with Gasteiger partial charge in [-0.3, -0.25) is 24.4 Å². The molecule has 11 nitrogen and oxygen atoms in total. The van der Waals surface area contributed by atoms with Gasteiger partial charge in [-0.1, -0.05) is 36.0 Å². The number of phenolic OH excluding ortho intramolecular Hbond substituents is 1. The molecule has 1 fully saturated rings. The van der Waals surface area contributed by atoms with Crippen LogP contribution in [-0.4, -0.2) is 42.4 Å². The van der Waals surface area contributed by atoms with Crippen molar-refractivity contribution in [1.29, 1.82) is 0 Å². The molecule has 0 aliphatic carbocycles. The molecular weight excluding hydrogens is 481 g/mol. The van der Waals surface area contributed by atoms with E-state index in [2.05, 4.69) is 20.6 Å². The molecule has 3 aromatic rings. The van der Waals surface area contributed by atoms with Gasteiger partial charge in [0, 0.05) is 6.42 Å². The number of aromatic amines is 2. The lowest BCUT2D eigenvalue weighted by Gasteiger charge is -2.14. The Hall–Kier alpha value is -4.39. The van der Waals surface area contributed by atoms with Crippen LogP contribution in [0.3, 0.4) is 0 Å². The number of hydrogen-bond donors (Lipinski definition) is 6. The number of thioether (sulfide) groups is 1. The molecule has 180 valence electrons. The van der Waals surface area contributed by atoms with E-state index < -0.39 is 46.1 Å². The number of aromatic hydroxyl groups is 2. The number of para-hydroxylation sites is 1. The van der Waals surface area contributed by atoms with Crippen LogP contribution in [0.2, 0.25) is 0 Å². The third-order valence-corrected chi connectivity index (χ3v) is 6.08. The maximum absolute atomic E-state index is 13.8. The van der Waals surface area contributed by atoms with E-state index in [-0.39, 0.29) is 28.6 Å². The van der Waals surface area contributed by atoms with Gasteiger partial charge in [-0.25, -0.2) is 14.2 Å². The number of H-pyrrole nitrogens is 2. The molecule has 0 spiro atoms. The molecule has 2 aromatic carbocycles. The molecule has 2 unspecified atom stereocenters. The number of phenols is 1. The standard InChI is InChI=1S/C22H18FN5O6S/c23-12-3-1-2-4-13(12)24-15(30)9-14-18(31)28-22(35-14)25-17(10-5-7-11(29)8-6-10)16-19(32)26-21(34)27-20(16)33/h1-8,14,17,29H,9H2,(H,24,30)(H,25,28,31)(H3,26,27,32,33,34). The third kappa shape index (κ3) is 5.41. The van der Waals surface area contributed by atoms with Crippen molar-refractivity contribution in [2.24, 2.45) is 4.99 Å². The number of halogens is 1. The van der Waals surface area contributed by atoms with Gasteiger partial charge >= 0.3 is 5.69 Å². The summed E-state index contributed by atoms with van der Waals surface area (Å²) in [7, 11) is 0. The molecule has 13 heteroatoms. The Bertz CT molecular complexity index is 1440. The molecule has 2 heterocycles. The highest BCUT2D eigenvalue weighted by Crippen LogP contribution is 2.32. The average molecular weight is 499 g/mol. The van der Waals surface area contributed by atoms with Crippen molar-refractivity contribution >= 4 is 34.4 Å². The number of benzene rings is 2. The summed E-state index contributed by atoms with van der Waals surface area (Å²) in [5.74, 6) is -2.50. The second-order valence-electron chi connectivity index (χ2n) is 7.43. The molecular formula is C22H18FN5O6S. The van der Waals surface area contributed by atoms with Crippen molar-refractivity contribution in [1.82, 2.24) is 15.3 Å². The first kappa shape index (κ1) is 23.8. The number of carbonyl (C=O) groups is 2. The highest BCUT2D eigenvalue weighted by atomic mass is 32.2. The molecule has 35 heavy (non-hydrogen) atoms. The molecule has 1 aliphatic heterocycles. The van der Waals surface area contributed by atoms with Crippen molar-refractivity contribution in [3.05, 3.63) is 86.3 Å². The molecule has 2 atom stereocenters. The van der Waals surface area contributed by atoms with Gasteiger partial charge in [0.1, 0.15) is 28.4 Å². The minimum Gasteiger partial charge on any atom is -0.508 e. The lowest BCUT2D eigenvalue weighted by atomic mass is 10.0. The number of nitrogens with zero attached hydrogens (tertiary/aromatic N) is 1. The maximum atomic E-state index is 13.8. The Labute approximate surface area is 200 Å². The minimum absolute atomic E-state index is 0.0186. The summed E-state index contributed by atoms with van der Waals surface area (Å²) >= 11 is 0.917. The summed E-state index contributed by atoms with van der Waals surface area (Å²) in [5.41, 5.74) is -1.77. The zero-order valence-electron chi connectivity index (χ0n) is 17.7. The molecule has 6 N–H and O–H groups in total. The number of hydrogen-bond acceptors (Lipinski definition) is 8. The Morgan fingerprint density at radius 1 is 1.09 bits per heavy atom. The van der Waals surface area contributed by atoms with Crippen molar-refractivity contribution in [2.45, 2.75) is 17.7 Å². The molecule has 0 saturated carbocycles. The van der Waals surface area contributed by atoms with Gasteiger partial charge in [0.05, 0.1) is 5.69 Å². The van der Waals surface area contributed by atoms with Gasteiger partial charge in [-0.15, -0.1) is 0 Å². The predicted molar refractivity (Wildman–Crippen MR) is 126 cm³/mol. The summed E-state index contributed by atoms with van der Waals surface area (Å²) < 4.78 is 13.8. The van der Waals surface area contributed by atoms with Gasteiger partial charge < -0.3 is 20.8 Å². The number of rotatable bonds is 6. The first-order chi connectivity index (χ1) is 16.7. The van der Waals surface area contributed by atoms with Crippen LogP contribution < -0.4 is 21.9 Å². The van der Waals surface area contributed by atoms with E-state index in [1.54, 1.807) is 6.07 Å². The first-order valence-electron chi connectivity index (χ1n) is 10.2. The number of nitrogens with one attached hydrogen (secondary N) is 4. The van der Waals surface area contributed by atoms with Crippen LogP contribution in [0, 0.1) is 5.82 Å². The van der Waals surface area contributed by atoms with Crippen LogP contribution in [0.15, 0.2) is 63.1 Å². The van der Waals surface area contributed by atoms with Crippen molar-refractivity contribution < 1.29 is 24.2 Å². The van der Waals surface area contributed by atoms with Crippen LogP contribution in [0.1, 0.15) is 23.6 Å². The van der Waals surface area contributed by atoms with E-state index >= 15 is 0 Å². The van der Waals surface area contributed by atoms with Gasteiger partial charge in [0.25, 0.3) is 5.56 Å². The van der Waals surface area contributed by atoms with Crippen LogP contribution in [-0.2, 0) is 9.59 Å². The lowest BCUT2D eigenvalue weighted by molar-refractivity contribution is -0.122. The zero-order valence-corrected chi connectivity index (χ0v) is 18.6. The van der Waals surface area contributed by atoms with Gasteiger partial charge in [0.2, 0.25) is 17.7 Å². The Balaban J connectivity index is 1.60. The van der Waals surface area contributed by atoms with Gasteiger partial charge in [-0.05, 0) is 29.8 Å². The number of amides is 2. The highest BCUT2D eigenvalue weighted by molar-refractivity contribution is 8.15. The maximum Gasteiger partial charge on any atom is 0.328 e. The Morgan fingerprint density at radius 2 is 1.80 bits per heavy atom. The number of anilines is 1. The number of aliphatic imine (C=N–C) groups is 1. The van der Waals surface area contributed by atoms with E-state index in [4.69, 9.17) is 0 Å². The fourth-order valence-corrected chi connectivity index (χ4v) is 4.35.